The smallest absolute Gasteiger partial charge is 0.164 e. The Kier molecular flexibility index (Phi) is 6.70. The van der Waals surface area contributed by atoms with Crippen LogP contribution in [0.1, 0.15) is 27.8 Å². The minimum Gasteiger partial charge on any atom is -0.457 e. The minimum atomic E-state index is -0.547. The molecule has 1 aliphatic heterocycles. The van der Waals surface area contributed by atoms with Crippen molar-refractivity contribution in [2.75, 3.05) is 0 Å². The zero-order chi connectivity index (χ0) is 34.6. The van der Waals surface area contributed by atoms with E-state index in [2.05, 4.69) is 127 Å². The molecule has 52 heavy (non-hydrogen) atoms. The fourth-order valence-corrected chi connectivity index (χ4v) is 7.90. The fourth-order valence-electron chi connectivity index (χ4n) is 7.90. The number of nitrogens with zero attached hydrogens (tertiary/aromatic N) is 4. The molecule has 242 valence electrons. The van der Waals surface area contributed by atoms with Crippen molar-refractivity contribution in [1.82, 2.24) is 15.0 Å². The lowest BCUT2D eigenvalue weighted by molar-refractivity contribution is 0.436. The number of fused-ring (bicyclic) bond motifs is 9. The summed E-state index contributed by atoms with van der Waals surface area (Å²) in [5.41, 5.74) is 11.9. The zero-order valence-electron chi connectivity index (χ0n) is 27.9. The van der Waals surface area contributed by atoms with Crippen LogP contribution in [0.4, 0.5) is 0 Å². The van der Waals surface area contributed by atoms with E-state index in [0.717, 1.165) is 50.4 Å². The molecule has 1 spiro atoms. The molecule has 5 heteroatoms. The Labute approximate surface area is 301 Å². The highest BCUT2D eigenvalue weighted by Crippen LogP contribution is 2.62. The van der Waals surface area contributed by atoms with Gasteiger partial charge in [-0.3, -0.25) is 0 Å². The van der Waals surface area contributed by atoms with Crippen LogP contribution in [0.2, 0.25) is 0 Å². The molecule has 7 aromatic carbocycles. The van der Waals surface area contributed by atoms with Crippen LogP contribution < -0.4 is 4.74 Å². The summed E-state index contributed by atoms with van der Waals surface area (Å²) in [6.07, 6.45) is 0. The third-order valence-corrected chi connectivity index (χ3v) is 10.3. The quantitative estimate of drug-likeness (QED) is 0.187. The van der Waals surface area contributed by atoms with Crippen molar-refractivity contribution >= 4 is 0 Å². The van der Waals surface area contributed by atoms with Crippen molar-refractivity contribution in [1.29, 1.82) is 5.26 Å². The second-order valence-electron chi connectivity index (χ2n) is 13.1. The van der Waals surface area contributed by atoms with Gasteiger partial charge >= 0.3 is 0 Å². The van der Waals surface area contributed by atoms with Gasteiger partial charge in [0.15, 0.2) is 17.5 Å². The minimum absolute atomic E-state index is 0.524. The molecule has 10 rings (SSSR count). The molecule has 5 nitrogen and oxygen atoms in total. The number of ether oxygens (including phenoxy) is 1. The molecule has 0 atom stereocenters. The van der Waals surface area contributed by atoms with Crippen molar-refractivity contribution in [3.8, 4) is 74.0 Å². The van der Waals surface area contributed by atoms with Crippen LogP contribution in [0.5, 0.6) is 11.5 Å². The number of rotatable bonds is 4. The molecule has 0 bridgehead atoms. The van der Waals surface area contributed by atoms with Crippen molar-refractivity contribution in [3.05, 3.63) is 198 Å². The van der Waals surface area contributed by atoms with Gasteiger partial charge in [-0.2, -0.15) is 5.26 Å². The summed E-state index contributed by atoms with van der Waals surface area (Å²) >= 11 is 0. The molecule has 0 amide bonds. The highest BCUT2D eigenvalue weighted by Gasteiger charge is 2.50. The summed E-state index contributed by atoms with van der Waals surface area (Å²) in [4.78, 5) is 15.0. The molecular formula is C47H28N4O. The van der Waals surface area contributed by atoms with Crippen molar-refractivity contribution in [2.24, 2.45) is 0 Å². The number of benzene rings is 7. The molecule has 0 saturated carbocycles. The van der Waals surface area contributed by atoms with Gasteiger partial charge in [-0.25, -0.2) is 15.0 Å². The maximum Gasteiger partial charge on any atom is 0.164 e. The number of para-hydroxylation sites is 1. The molecule has 0 N–H and O–H groups in total. The summed E-state index contributed by atoms with van der Waals surface area (Å²) in [6, 6.07) is 60.3. The van der Waals surface area contributed by atoms with Crippen molar-refractivity contribution in [3.63, 3.8) is 0 Å². The maximum atomic E-state index is 9.43. The normalized spacial score (nSPS) is 12.9. The van der Waals surface area contributed by atoms with Crippen LogP contribution in [0, 0.1) is 11.3 Å². The predicted octanol–water partition coefficient (Wildman–Crippen LogP) is 10.9. The molecular weight excluding hydrogens is 637 g/mol. The summed E-state index contributed by atoms with van der Waals surface area (Å²) in [7, 11) is 0. The molecule has 0 fully saturated rings. The van der Waals surface area contributed by atoms with Crippen LogP contribution in [-0.2, 0) is 5.41 Å². The molecule has 1 aromatic heterocycles. The van der Waals surface area contributed by atoms with Crippen molar-refractivity contribution < 1.29 is 4.74 Å². The fraction of sp³-hybridized carbons (Fsp3) is 0.0213. The van der Waals surface area contributed by atoms with Gasteiger partial charge in [-0.05, 0) is 69.8 Å². The van der Waals surface area contributed by atoms with Gasteiger partial charge in [0.25, 0.3) is 0 Å². The number of hydrogen-bond acceptors (Lipinski definition) is 5. The van der Waals surface area contributed by atoms with E-state index in [1.54, 1.807) is 12.1 Å². The lowest BCUT2D eigenvalue weighted by atomic mass is 9.66. The van der Waals surface area contributed by atoms with Crippen LogP contribution >= 0.6 is 0 Å². The van der Waals surface area contributed by atoms with Gasteiger partial charge in [-0.1, -0.05) is 133 Å². The Hall–Kier alpha value is -7.16. The largest absolute Gasteiger partial charge is 0.457 e. The SMILES string of the molecule is N#Cc1ccc(-c2nc(-c3ccc(-c4ccccc4)cc3)nc(-c3ccc4c(c3)Oc3ccccc3C43c4ccccc4-c4ccccc43)n2)cc1. The Morgan fingerprint density at radius 1 is 0.404 bits per heavy atom. The predicted molar refractivity (Wildman–Crippen MR) is 204 cm³/mol. The summed E-state index contributed by atoms with van der Waals surface area (Å²) in [6.45, 7) is 0. The first kappa shape index (κ1) is 29.7. The van der Waals surface area contributed by atoms with Crippen LogP contribution in [0.25, 0.3) is 56.4 Å². The van der Waals surface area contributed by atoms with Gasteiger partial charge in [0.05, 0.1) is 17.0 Å². The molecule has 0 saturated heterocycles. The topological polar surface area (TPSA) is 71.7 Å². The van der Waals surface area contributed by atoms with E-state index in [0.29, 0.717) is 23.0 Å². The van der Waals surface area contributed by atoms with Crippen LogP contribution in [-0.4, -0.2) is 15.0 Å². The van der Waals surface area contributed by atoms with E-state index in [1.165, 1.54) is 22.3 Å². The maximum absolute atomic E-state index is 9.43. The standard InChI is InChI=1S/C47H28N4O/c48-29-30-18-20-33(21-19-30)44-49-45(34-24-22-32(23-25-34)31-10-2-1-3-11-31)51-46(50-44)35-26-27-41-43(28-35)52-42-17-9-8-16-40(42)47(41)38-14-6-4-12-36(38)37-13-5-7-15-39(37)47/h1-28H. The van der Waals surface area contributed by atoms with Gasteiger partial charge in [0.2, 0.25) is 0 Å². The van der Waals surface area contributed by atoms with Gasteiger partial charge in [0.1, 0.15) is 11.5 Å². The van der Waals surface area contributed by atoms with E-state index in [9.17, 15) is 5.26 Å². The molecule has 0 radical (unpaired) electrons. The second-order valence-corrected chi connectivity index (χ2v) is 13.1. The van der Waals surface area contributed by atoms with E-state index in [-0.39, 0.29) is 0 Å². The number of hydrogen-bond donors (Lipinski definition) is 0. The number of nitriles is 1. The van der Waals surface area contributed by atoms with E-state index in [1.807, 2.05) is 36.4 Å². The van der Waals surface area contributed by atoms with E-state index in [4.69, 9.17) is 19.7 Å². The number of aromatic nitrogens is 3. The highest BCUT2D eigenvalue weighted by molar-refractivity contribution is 5.89. The Bertz CT molecular complexity index is 2670. The zero-order valence-corrected chi connectivity index (χ0v) is 27.9. The first-order chi connectivity index (χ1) is 25.7. The van der Waals surface area contributed by atoms with E-state index < -0.39 is 5.41 Å². The van der Waals surface area contributed by atoms with Crippen LogP contribution in [0.3, 0.4) is 0 Å². The molecule has 2 heterocycles. The average molecular weight is 665 g/mol. The first-order valence-corrected chi connectivity index (χ1v) is 17.2. The monoisotopic (exact) mass is 664 g/mol. The van der Waals surface area contributed by atoms with Crippen LogP contribution in [0.15, 0.2) is 170 Å². The van der Waals surface area contributed by atoms with Gasteiger partial charge in [-0.15, -0.1) is 0 Å². The Balaban J connectivity index is 1.15. The van der Waals surface area contributed by atoms with Gasteiger partial charge in [0, 0.05) is 27.8 Å². The molecule has 2 aliphatic rings. The highest BCUT2D eigenvalue weighted by atomic mass is 16.5. The molecule has 8 aromatic rings. The Morgan fingerprint density at radius 2 is 0.865 bits per heavy atom. The molecule has 0 unspecified atom stereocenters. The summed E-state index contributed by atoms with van der Waals surface area (Å²) in [5.74, 6) is 3.20. The molecule has 1 aliphatic carbocycles. The summed E-state index contributed by atoms with van der Waals surface area (Å²) < 4.78 is 6.77. The van der Waals surface area contributed by atoms with Crippen molar-refractivity contribution in [2.45, 2.75) is 5.41 Å². The lowest BCUT2D eigenvalue weighted by Gasteiger charge is -2.39. The average Bonchev–Trinajstić information content (AvgIpc) is 3.51. The Morgan fingerprint density at radius 3 is 1.50 bits per heavy atom. The van der Waals surface area contributed by atoms with E-state index >= 15 is 0 Å². The first-order valence-electron chi connectivity index (χ1n) is 17.2. The third kappa shape index (κ3) is 4.52. The van der Waals surface area contributed by atoms with Gasteiger partial charge < -0.3 is 4.74 Å². The lowest BCUT2D eigenvalue weighted by Crippen LogP contribution is -2.32. The third-order valence-electron chi connectivity index (χ3n) is 10.3. The summed E-state index contributed by atoms with van der Waals surface area (Å²) in [5, 5.41) is 9.43. The second kappa shape index (κ2) is 11.7.